The molecule has 7 nitrogen and oxygen atoms in total. The number of fused-ring (bicyclic) bond motifs is 3. The molecule has 0 saturated heterocycles. The Kier molecular flexibility index (Phi) is 4.19. The van der Waals surface area contributed by atoms with Crippen molar-refractivity contribution in [3.63, 3.8) is 0 Å². The summed E-state index contributed by atoms with van der Waals surface area (Å²) in [6, 6.07) is 5.75. The molecule has 0 bridgehead atoms. The van der Waals surface area contributed by atoms with Crippen molar-refractivity contribution in [2.24, 2.45) is 7.05 Å². The van der Waals surface area contributed by atoms with Crippen LogP contribution in [0.3, 0.4) is 0 Å². The van der Waals surface area contributed by atoms with E-state index in [0.29, 0.717) is 28.7 Å². The van der Waals surface area contributed by atoms with Crippen molar-refractivity contribution in [1.82, 2.24) is 18.7 Å². The summed E-state index contributed by atoms with van der Waals surface area (Å²) in [5.41, 5.74) is 2.02. The molecule has 1 aliphatic heterocycles. The van der Waals surface area contributed by atoms with Crippen LogP contribution in [0.1, 0.15) is 12.0 Å². The lowest BCUT2D eigenvalue weighted by Crippen LogP contribution is -2.39. The predicted octanol–water partition coefficient (Wildman–Crippen LogP) is 2.59. The van der Waals surface area contributed by atoms with Gasteiger partial charge in [-0.1, -0.05) is 23.7 Å². The fraction of sp³-hybridized carbons (Fsp3) is 0.316. The molecule has 0 radical (unpaired) electrons. The number of allylic oxidation sites excluding steroid dienone is 1. The standard InChI is InChI=1S/C19H20ClN5O2/c1-4-9-25-17(26)15-16(22(3)19(25)27)21-18-23(10-6-11-24(15)18)14-8-5-7-13(20)12(14)2/h4-5,7-8H,1,6,9-11H2,2-3H3. The molecule has 8 heteroatoms. The summed E-state index contributed by atoms with van der Waals surface area (Å²) in [5, 5.41) is 0.682. The highest BCUT2D eigenvalue weighted by Gasteiger charge is 2.27. The van der Waals surface area contributed by atoms with Gasteiger partial charge in [0.05, 0.1) is 0 Å². The highest BCUT2D eigenvalue weighted by atomic mass is 35.5. The second kappa shape index (κ2) is 6.42. The van der Waals surface area contributed by atoms with Crippen molar-refractivity contribution in [3.05, 3.63) is 62.3 Å². The number of nitrogens with zero attached hydrogens (tertiary/aromatic N) is 5. The SMILES string of the molecule is C=CCn1c(=O)c2c(nc3n2CCCN3c2cccc(Cl)c2C)n(C)c1=O. The molecule has 27 heavy (non-hydrogen) atoms. The fourth-order valence-corrected chi connectivity index (χ4v) is 3.84. The number of hydrogen-bond donors (Lipinski definition) is 0. The van der Waals surface area contributed by atoms with Gasteiger partial charge in [0.15, 0.2) is 11.2 Å². The first-order chi connectivity index (χ1) is 13.0. The fourth-order valence-electron chi connectivity index (χ4n) is 3.67. The first-order valence-corrected chi connectivity index (χ1v) is 9.17. The summed E-state index contributed by atoms with van der Waals surface area (Å²) in [4.78, 5) is 32.3. The Bertz CT molecular complexity index is 1190. The Morgan fingerprint density at radius 2 is 2.07 bits per heavy atom. The van der Waals surface area contributed by atoms with Gasteiger partial charge in [-0.15, -0.1) is 6.58 Å². The molecule has 2 aromatic heterocycles. The third-order valence-corrected chi connectivity index (χ3v) is 5.47. The lowest BCUT2D eigenvalue weighted by atomic mass is 10.1. The molecular formula is C19H20ClN5O2. The molecule has 3 heterocycles. The van der Waals surface area contributed by atoms with Crippen LogP contribution in [0, 0.1) is 6.92 Å². The Morgan fingerprint density at radius 1 is 1.30 bits per heavy atom. The topological polar surface area (TPSA) is 65.1 Å². The highest BCUT2D eigenvalue weighted by molar-refractivity contribution is 6.31. The van der Waals surface area contributed by atoms with Crippen molar-refractivity contribution >= 4 is 34.4 Å². The molecule has 1 aliphatic rings. The quantitative estimate of drug-likeness (QED) is 0.650. The van der Waals surface area contributed by atoms with Gasteiger partial charge < -0.3 is 9.47 Å². The van der Waals surface area contributed by atoms with Gasteiger partial charge in [0.2, 0.25) is 5.95 Å². The maximum Gasteiger partial charge on any atom is 0.332 e. The number of imidazole rings is 1. The maximum atomic E-state index is 13.0. The normalized spacial score (nSPS) is 13.8. The van der Waals surface area contributed by atoms with E-state index in [1.54, 1.807) is 13.1 Å². The Balaban J connectivity index is 2.03. The van der Waals surface area contributed by atoms with Crippen LogP contribution in [0.5, 0.6) is 0 Å². The predicted molar refractivity (Wildman–Crippen MR) is 107 cm³/mol. The number of halogens is 1. The van der Waals surface area contributed by atoms with Gasteiger partial charge in [-0.25, -0.2) is 4.79 Å². The zero-order valence-corrected chi connectivity index (χ0v) is 16.0. The molecule has 1 aromatic carbocycles. The summed E-state index contributed by atoms with van der Waals surface area (Å²) >= 11 is 6.30. The van der Waals surface area contributed by atoms with Crippen LogP contribution in [0.15, 0.2) is 40.4 Å². The van der Waals surface area contributed by atoms with Crippen LogP contribution < -0.4 is 16.1 Å². The molecule has 0 amide bonds. The smallest absolute Gasteiger partial charge is 0.312 e. The summed E-state index contributed by atoms with van der Waals surface area (Å²) in [6.45, 7) is 7.21. The van der Waals surface area contributed by atoms with Crippen molar-refractivity contribution in [3.8, 4) is 0 Å². The Labute approximate surface area is 160 Å². The number of aryl methyl sites for hydroxylation is 2. The first kappa shape index (κ1) is 17.6. The van der Waals surface area contributed by atoms with E-state index in [-0.39, 0.29) is 12.1 Å². The maximum absolute atomic E-state index is 13.0. The van der Waals surface area contributed by atoms with Gasteiger partial charge in [0, 0.05) is 37.4 Å². The van der Waals surface area contributed by atoms with E-state index in [1.165, 1.54) is 9.13 Å². The van der Waals surface area contributed by atoms with Gasteiger partial charge in [0.1, 0.15) is 0 Å². The molecule has 0 atom stereocenters. The summed E-state index contributed by atoms with van der Waals surface area (Å²) in [7, 11) is 1.64. The number of anilines is 2. The van der Waals surface area contributed by atoms with Crippen LogP contribution >= 0.6 is 11.6 Å². The average Bonchev–Trinajstić information content (AvgIpc) is 3.06. The summed E-state index contributed by atoms with van der Waals surface area (Å²) in [6.07, 6.45) is 2.40. The zero-order valence-electron chi connectivity index (χ0n) is 15.3. The molecule has 0 spiro atoms. The Hall–Kier alpha value is -2.80. The second-order valence-electron chi connectivity index (χ2n) is 6.67. The monoisotopic (exact) mass is 385 g/mol. The Morgan fingerprint density at radius 3 is 2.81 bits per heavy atom. The van der Waals surface area contributed by atoms with Gasteiger partial charge in [-0.05, 0) is 31.0 Å². The van der Waals surface area contributed by atoms with E-state index >= 15 is 0 Å². The van der Waals surface area contributed by atoms with E-state index in [1.807, 2.05) is 29.7 Å². The minimum atomic E-state index is -0.395. The minimum absolute atomic E-state index is 0.166. The van der Waals surface area contributed by atoms with Gasteiger partial charge in [-0.2, -0.15) is 4.98 Å². The lowest BCUT2D eigenvalue weighted by molar-refractivity contribution is 0.598. The van der Waals surface area contributed by atoms with Crippen LogP contribution in [-0.2, 0) is 20.1 Å². The average molecular weight is 386 g/mol. The van der Waals surface area contributed by atoms with E-state index in [0.717, 1.165) is 24.2 Å². The molecule has 0 N–H and O–H groups in total. The molecule has 0 fully saturated rings. The molecule has 140 valence electrons. The minimum Gasteiger partial charge on any atom is -0.312 e. The van der Waals surface area contributed by atoms with Crippen LogP contribution in [-0.4, -0.2) is 25.2 Å². The number of rotatable bonds is 3. The van der Waals surface area contributed by atoms with E-state index in [9.17, 15) is 9.59 Å². The number of benzene rings is 1. The summed E-state index contributed by atoms with van der Waals surface area (Å²) in [5.74, 6) is 0.657. The molecule has 0 aliphatic carbocycles. The second-order valence-corrected chi connectivity index (χ2v) is 7.08. The van der Waals surface area contributed by atoms with Crippen molar-refractivity contribution in [1.29, 1.82) is 0 Å². The van der Waals surface area contributed by atoms with Crippen molar-refractivity contribution in [2.45, 2.75) is 26.4 Å². The van der Waals surface area contributed by atoms with Crippen LogP contribution in [0.2, 0.25) is 5.02 Å². The van der Waals surface area contributed by atoms with Gasteiger partial charge >= 0.3 is 5.69 Å². The summed E-state index contributed by atoms with van der Waals surface area (Å²) < 4.78 is 4.52. The molecule has 3 aromatic rings. The van der Waals surface area contributed by atoms with Gasteiger partial charge in [-0.3, -0.25) is 13.9 Å². The number of aromatic nitrogens is 4. The largest absolute Gasteiger partial charge is 0.332 e. The molecule has 0 saturated carbocycles. The molecular weight excluding hydrogens is 366 g/mol. The van der Waals surface area contributed by atoms with E-state index in [2.05, 4.69) is 16.5 Å². The van der Waals surface area contributed by atoms with Crippen LogP contribution in [0.4, 0.5) is 11.6 Å². The first-order valence-electron chi connectivity index (χ1n) is 8.79. The number of hydrogen-bond acceptors (Lipinski definition) is 4. The zero-order chi connectivity index (χ0) is 19.3. The lowest BCUT2D eigenvalue weighted by Gasteiger charge is -2.30. The van der Waals surface area contributed by atoms with Crippen LogP contribution in [0.25, 0.3) is 11.2 Å². The molecule has 4 rings (SSSR count). The van der Waals surface area contributed by atoms with Gasteiger partial charge in [0.25, 0.3) is 5.56 Å². The third-order valence-electron chi connectivity index (χ3n) is 5.06. The van der Waals surface area contributed by atoms with Crippen molar-refractivity contribution in [2.75, 3.05) is 11.4 Å². The third kappa shape index (κ3) is 2.53. The van der Waals surface area contributed by atoms with E-state index < -0.39 is 5.69 Å². The molecule has 0 unspecified atom stereocenters. The highest BCUT2D eigenvalue weighted by Crippen LogP contribution is 2.35. The van der Waals surface area contributed by atoms with Crippen molar-refractivity contribution < 1.29 is 0 Å². The van der Waals surface area contributed by atoms with E-state index in [4.69, 9.17) is 11.6 Å².